The number of ether oxygens (including phenoxy) is 1. The first-order valence-electron chi connectivity index (χ1n) is 5.88. The zero-order valence-corrected chi connectivity index (χ0v) is 13.0. The minimum absolute atomic E-state index is 0.181. The van der Waals surface area contributed by atoms with Gasteiger partial charge >= 0.3 is 0 Å². The number of carbonyl (C=O) groups excluding carboxylic acids is 1. The highest BCUT2D eigenvalue weighted by Crippen LogP contribution is 2.31. The molecule has 0 aromatic heterocycles. The fourth-order valence-corrected chi connectivity index (χ4v) is 2.26. The summed E-state index contributed by atoms with van der Waals surface area (Å²) in [4.78, 5) is 11.8. The van der Waals surface area contributed by atoms with E-state index in [1.165, 1.54) is 12.1 Å². The molecular formula is C14H11Cl3N2O2. The van der Waals surface area contributed by atoms with E-state index >= 15 is 0 Å². The fraction of sp³-hybridized carbons (Fsp3) is 0.0714. The average Bonchev–Trinajstić information content (AvgIpc) is 2.42. The highest BCUT2D eigenvalue weighted by molar-refractivity contribution is 6.37. The second-order valence-electron chi connectivity index (χ2n) is 4.14. The summed E-state index contributed by atoms with van der Waals surface area (Å²) in [5, 5.41) is 3.83. The van der Waals surface area contributed by atoms with Gasteiger partial charge in [-0.15, -0.1) is 0 Å². The largest absolute Gasteiger partial charge is 0.484 e. The number of nitrogens with two attached hydrogens (primary N) is 1. The predicted molar refractivity (Wildman–Crippen MR) is 86.5 cm³/mol. The van der Waals surface area contributed by atoms with Crippen LogP contribution in [0.25, 0.3) is 0 Å². The predicted octanol–water partition coefficient (Wildman–Crippen LogP) is 4.25. The third-order valence-corrected chi connectivity index (χ3v) is 3.30. The smallest absolute Gasteiger partial charge is 0.262 e. The van der Waals surface area contributed by atoms with E-state index in [1.807, 2.05) is 0 Å². The molecule has 0 saturated heterocycles. The third-order valence-electron chi connectivity index (χ3n) is 2.53. The first-order chi connectivity index (χ1) is 9.95. The molecule has 0 heterocycles. The summed E-state index contributed by atoms with van der Waals surface area (Å²) in [6, 6.07) is 9.67. The van der Waals surface area contributed by atoms with Crippen molar-refractivity contribution in [3.63, 3.8) is 0 Å². The monoisotopic (exact) mass is 344 g/mol. The maximum absolute atomic E-state index is 11.8. The topological polar surface area (TPSA) is 64.3 Å². The van der Waals surface area contributed by atoms with E-state index < -0.39 is 0 Å². The SMILES string of the molecule is Nc1cc(Cl)cc(Cl)c1NC(=O)COc1ccc(Cl)cc1. The Morgan fingerprint density at radius 2 is 1.76 bits per heavy atom. The van der Waals surface area contributed by atoms with Crippen LogP contribution in [0.2, 0.25) is 15.1 Å². The lowest BCUT2D eigenvalue weighted by Gasteiger charge is -2.11. The van der Waals surface area contributed by atoms with Crippen LogP contribution in [-0.2, 0) is 4.79 Å². The summed E-state index contributed by atoms with van der Waals surface area (Å²) in [5.41, 5.74) is 6.35. The Kier molecular flexibility index (Phi) is 5.17. The maximum atomic E-state index is 11.8. The van der Waals surface area contributed by atoms with Gasteiger partial charge in [0.15, 0.2) is 6.61 Å². The van der Waals surface area contributed by atoms with Gasteiger partial charge < -0.3 is 15.8 Å². The van der Waals surface area contributed by atoms with Crippen LogP contribution >= 0.6 is 34.8 Å². The molecule has 2 aromatic carbocycles. The maximum Gasteiger partial charge on any atom is 0.262 e. The normalized spacial score (nSPS) is 10.2. The Morgan fingerprint density at radius 3 is 2.38 bits per heavy atom. The Hall–Kier alpha value is -1.62. The molecule has 0 bridgehead atoms. The van der Waals surface area contributed by atoms with Gasteiger partial charge in [-0.3, -0.25) is 4.79 Å². The van der Waals surface area contributed by atoms with Crippen molar-refractivity contribution in [3.8, 4) is 5.75 Å². The molecule has 7 heteroatoms. The Labute approximate surface area is 136 Å². The molecule has 0 unspecified atom stereocenters. The van der Waals surface area contributed by atoms with Crippen LogP contribution in [0.5, 0.6) is 5.75 Å². The van der Waals surface area contributed by atoms with Crippen LogP contribution in [0, 0.1) is 0 Å². The van der Waals surface area contributed by atoms with Gasteiger partial charge in [0.25, 0.3) is 5.91 Å². The van der Waals surface area contributed by atoms with E-state index in [0.717, 1.165) is 0 Å². The van der Waals surface area contributed by atoms with Crippen LogP contribution in [0.15, 0.2) is 36.4 Å². The molecule has 0 aliphatic rings. The van der Waals surface area contributed by atoms with Crippen molar-refractivity contribution >= 4 is 52.1 Å². The molecule has 2 aromatic rings. The summed E-state index contributed by atoms with van der Waals surface area (Å²) < 4.78 is 5.32. The lowest BCUT2D eigenvalue weighted by Crippen LogP contribution is -2.21. The van der Waals surface area contributed by atoms with E-state index in [0.29, 0.717) is 21.5 Å². The molecule has 2 rings (SSSR count). The van der Waals surface area contributed by atoms with Gasteiger partial charge in [-0.2, -0.15) is 0 Å². The van der Waals surface area contributed by atoms with Crippen molar-refractivity contribution in [2.45, 2.75) is 0 Å². The van der Waals surface area contributed by atoms with Crippen LogP contribution < -0.4 is 15.8 Å². The Balaban J connectivity index is 1.97. The van der Waals surface area contributed by atoms with E-state index in [1.54, 1.807) is 24.3 Å². The number of benzene rings is 2. The highest BCUT2D eigenvalue weighted by atomic mass is 35.5. The van der Waals surface area contributed by atoms with Crippen molar-refractivity contribution < 1.29 is 9.53 Å². The van der Waals surface area contributed by atoms with Gasteiger partial charge in [0.2, 0.25) is 0 Å². The van der Waals surface area contributed by atoms with Crippen LogP contribution in [-0.4, -0.2) is 12.5 Å². The molecule has 0 saturated carbocycles. The van der Waals surface area contributed by atoms with E-state index in [9.17, 15) is 4.79 Å². The van der Waals surface area contributed by atoms with Crippen molar-refractivity contribution in [3.05, 3.63) is 51.5 Å². The molecule has 0 fully saturated rings. The Bertz CT molecular complexity index is 637. The van der Waals surface area contributed by atoms with Crippen molar-refractivity contribution in [1.82, 2.24) is 0 Å². The molecule has 1 amide bonds. The summed E-state index contributed by atoms with van der Waals surface area (Å²) >= 11 is 17.5. The summed E-state index contributed by atoms with van der Waals surface area (Å²) in [7, 11) is 0. The van der Waals surface area contributed by atoms with Crippen molar-refractivity contribution in [2.24, 2.45) is 0 Å². The molecule has 0 atom stereocenters. The second kappa shape index (κ2) is 6.89. The average molecular weight is 346 g/mol. The number of hydrogen-bond acceptors (Lipinski definition) is 3. The fourth-order valence-electron chi connectivity index (χ4n) is 1.58. The number of amides is 1. The second-order valence-corrected chi connectivity index (χ2v) is 5.42. The summed E-state index contributed by atoms with van der Waals surface area (Å²) in [6.07, 6.45) is 0. The lowest BCUT2D eigenvalue weighted by molar-refractivity contribution is -0.118. The number of anilines is 2. The molecule has 3 N–H and O–H groups in total. The molecule has 4 nitrogen and oxygen atoms in total. The van der Waals surface area contributed by atoms with Crippen LogP contribution in [0.1, 0.15) is 0 Å². The van der Waals surface area contributed by atoms with Crippen LogP contribution in [0.3, 0.4) is 0 Å². The number of rotatable bonds is 4. The van der Waals surface area contributed by atoms with E-state index in [-0.39, 0.29) is 23.2 Å². The number of nitrogen functional groups attached to an aromatic ring is 1. The molecule has 0 spiro atoms. The number of carbonyl (C=O) groups is 1. The standard InChI is InChI=1S/C14H11Cl3N2O2/c15-8-1-3-10(4-2-8)21-7-13(20)19-14-11(17)5-9(16)6-12(14)18/h1-6H,7,18H2,(H,19,20). The van der Waals surface area contributed by atoms with Crippen LogP contribution in [0.4, 0.5) is 11.4 Å². The minimum Gasteiger partial charge on any atom is -0.484 e. The zero-order chi connectivity index (χ0) is 15.4. The summed E-state index contributed by atoms with van der Waals surface area (Å²) in [5.74, 6) is 0.144. The summed E-state index contributed by atoms with van der Waals surface area (Å²) in [6.45, 7) is -0.181. The number of halogens is 3. The van der Waals surface area contributed by atoms with E-state index in [4.69, 9.17) is 45.3 Å². The van der Waals surface area contributed by atoms with Gasteiger partial charge in [0.1, 0.15) is 5.75 Å². The molecular weight excluding hydrogens is 335 g/mol. The van der Waals surface area contributed by atoms with Crippen molar-refractivity contribution in [2.75, 3.05) is 17.7 Å². The first-order valence-corrected chi connectivity index (χ1v) is 7.02. The van der Waals surface area contributed by atoms with Gasteiger partial charge in [-0.05, 0) is 36.4 Å². The molecule has 110 valence electrons. The van der Waals surface area contributed by atoms with Crippen molar-refractivity contribution in [1.29, 1.82) is 0 Å². The van der Waals surface area contributed by atoms with E-state index in [2.05, 4.69) is 5.32 Å². The zero-order valence-electron chi connectivity index (χ0n) is 10.7. The van der Waals surface area contributed by atoms with Gasteiger partial charge in [-0.25, -0.2) is 0 Å². The van der Waals surface area contributed by atoms with Gasteiger partial charge in [0, 0.05) is 10.0 Å². The number of nitrogens with one attached hydrogen (secondary N) is 1. The molecule has 21 heavy (non-hydrogen) atoms. The highest BCUT2D eigenvalue weighted by Gasteiger charge is 2.11. The minimum atomic E-state index is -0.388. The van der Waals surface area contributed by atoms with Gasteiger partial charge in [0.05, 0.1) is 16.4 Å². The van der Waals surface area contributed by atoms with Gasteiger partial charge in [-0.1, -0.05) is 34.8 Å². The molecule has 0 aliphatic heterocycles. The quantitative estimate of drug-likeness (QED) is 0.814. The Morgan fingerprint density at radius 1 is 1.10 bits per heavy atom. The third kappa shape index (κ3) is 4.43. The first kappa shape index (κ1) is 15.8. The number of hydrogen-bond donors (Lipinski definition) is 2. The molecule has 0 aliphatic carbocycles. The molecule has 0 radical (unpaired) electrons. The lowest BCUT2D eigenvalue weighted by atomic mass is 10.2.